The van der Waals surface area contributed by atoms with Crippen LogP contribution in [0.4, 0.5) is 4.39 Å². The van der Waals surface area contributed by atoms with Gasteiger partial charge in [-0.2, -0.15) is 8.42 Å². The van der Waals surface area contributed by atoms with Gasteiger partial charge in [0.15, 0.2) is 22.8 Å². The molecular weight excluding hydrogens is 566 g/mol. The van der Waals surface area contributed by atoms with Gasteiger partial charge >= 0.3 is 29.6 Å². The van der Waals surface area contributed by atoms with Gasteiger partial charge < -0.3 is 20.1 Å². The van der Waals surface area contributed by atoms with Crippen LogP contribution in [0.15, 0.2) is 53.0 Å². The number of aliphatic hydroxyl groups excluding tert-OH is 2. The van der Waals surface area contributed by atoms with Crippen LogP contribution in [0, 0.1) is 28.6 Å². The Bertz CT molecular complexity index is 1470. The number of ketones is 2. The molecule has 3 fully saturated rings. The maximum Gasteiger partial charge on any atom is 1.00 e. The van der Waals surface area contributed by atoms with Gasteiger partial charge in [-0.15, -0.1) is 0 Å². The first-order chi connectivity index (χ1) is 18.6. The van der Waals surface area contributed by atoms with E-state index in [1.54, 1.807) is 20.8 Å². The number of halogens is 1. The zero-order chi connectivity index (χ0) is 29.5. The predicted octanol–water partition coefficient (Wildman–Crippen LogP) is -1.32. The molecule has 0 spiro atoms. The molecule has 216 valence electrons. The summed E-state index contributed by atoms with van der Waals surface area (Å²) in [6.45, 7) is 3.72. The smallest absolute Gasteiger partial charge is 0.545 e. The summed E-state index contributed by atoms with van der Waals surface area (Å²) in [5, 5.41) is 33.3. The molecule has 0 amide bonds. The predicted molar refractivity (Wildman–Crippen MR) is 137 cm³/mol. The van der Waals surface area contributed by atoms with Gasteiger partial charge in [0.1, 0.15) is 11.5 Å². The van der Waals surface area contributed by atoms with Crippen molar-refractivity contribution in [2.24, 2.45) is 28.6 Å². The summed E-state index contributed by atoms with van der Waals surface area (Å²) in [7, 11) is -4.94. The van der Waals surface area contributed by atoms with Gasteiger partial charge in [0.05, 0.1) is 12.1 Å². The normalized spacial score (nSPS) is 39.6. The van der Waals surface area contributed by atoms with Crippen molar-refractivity contribution in [3.8, 4) is 0 Å². The number of carbonyl (C=O) groups is 3. The Balaban J connectivity index is 0.00000387. The first kappa shape index (κ1) is 32.2. The number of carboxylic acid groups (broad SMARTS) is 1. The minimum atomic E-state index is -4.94. The van der Waals surface area contributed by atoms with E-state index in [0.29, 0.717) is 12.0 Å². The molecule has 0 aliphatic heterocycles. The fraction of sp³-hybridized carbons (Fsp3) is 0.552. The molecule has 2 unspecified atom stereocenters. The van der Waals surface area contributed by atoms with Crippen LogP contribution in [0.5, 0.6) is 0 Å². The third-order valence-corrected chi connectivity index (χ3v) is 11.7. The van der Waals surface area contributed by atoms with Crippen molar-refractivity contribution in [2.75, 3.05) is 6.61 Å². The number of hydrogen-bond acceptors (Lipinski definition) is 9. The molecule has 5 rings (SSSR count). The number of benzene rings is 1. The van der Waals surface area contributed by atoms with E-state index < -0.39 is 84.9 Å². The quantitative estimate of drug-likeness (QED) is 0.299. The number of alkyl halides is 1. The van der Waals surface area contributed by atoms with Crippen LogP contribution in [0.1, 0.15) is 56.8 Å². The fourth-order valence-corrected chi connectivity index (χ4v) is 10.1. The third-order valence-electron chi connectivity index (χ3n) is 10.4. The van der Waals surface area contributed by atoms with Crippen LogP contribution >= 0.6 is 0 Å². The molecule has 2 N–H and O–H groups in total. The molecule has 12 heteroatoms. The largest absolute Gasteiger partial charge is 1.00 e. The Morgan fingerprint density at radius 3 is 2.49 bits per heavy atom. The van der Waals surface area contributed by atoms with Crippen molar-refractivity contribution in [3.05, 3.63) is 53.6 Å². The second-order valence-corrected chi connectivity index (χ2v) is 13.6. The van der Waals surface area contributed by atoms with Crippen LogP contribution < -0.4 is 34.7 Å². The van der Waals surface area contributed by atoms with Crippen molar-refractivity contribution in [2.45, 2.75) is 68.7 Å². The van der Waals surface area contributed by atoms with Gasteiger partial charge in [-0.1, -0.05) is 43.7 Å². The van der Waals surface area contributed by atoms with E-state index in [9.17, 15) is 38.1 Å². The minimum Gasteiger partial charge on any atom is -0.545 e. The van der Waals surface area contributed by atoms with Crippen LogP contribution in [0.2, 0.25) is 0 Å². The minimum absolute atomic E-state index is 0. The molecular formula is C29H32FNaO9S. The summed E-state index contributed by atoms with van der Waals surface area (Å²) in [6.07, 6.45) is 2.90. The van der Waals surface area contributed by atoms with Gasteiger partial charge in [0.2, 0.25) is 0 Å². The van der Waals surface area contributed by atoms with E-state index in [1.165, 1.54) is 30.4 Å². The Morgan fingerprint density at radius 2 is 1.85 bits per heavy atom. The van der Waals surface area contributed by atoms with E-state index in [0.717, 1.165) is 12.1 Å². The van der Waals surface area contributed by atoms with Gasteiger partial charge in [0.25, 0.3) is 10.1 Å². The first-order valence-corrected chi connectivity index (χ1v) is 14.7. The number of allylic oxidation sites excluding steroid dienone is 4. The molecule has 0 saturated heterocycles. The summed E-state index contributed by atoms with van der Waals surface area (Å²) < 4.78 is 50.6. The molecule has 4 aliphatic rings. The first-order valence-electron chi connectivity index (χ1n) is 13.3. The molecule has 1 aromatic rings. The van der Waals surface area contributed by atoms with Crippen molar-refractivity contribution < 1.29 is 76.3 Å². The van der Waals surface area contributed by atoms with E-state index in [2.05, 4.69) is 0 Å². The van der Waals surface area contributed by atoms with E-state index in [4.69, 9.17) is 4.18 Å². The summed E-state index contributed by atoms with van der Waals surface area (Å²) in [4.78, 5) is 36.6. The van der Waals surface area contributed by atoms with Crippen molar-refractivity contribution in [3.63, 3.8) is 0 Å². The molecule has 3 saturated carbocycles. The SMILES string of the molecule is C[C@@H]1CC2C3CCC4=CC(=O)C=C[C@]4(C)[C@@]3(F)[C@@H](O)C[C@]2(C)[C@@]1(OS(=O)(=O)c1ccccc1C(=O)[O-])C(=O)CO.[Na+]. The summed E-state index contributed by atoms with van der Waals surface area (Å²) in [6, 6.07) is 4.66. The number of fused-ring (bicyclic) bond motifs is 5. The van der Waals surface area contributed by atoms with Gasteiger partial charge in [-0.05, 0) is 62.7 Å². The zero-order valence-corrected chi connectivity index (χ0v) is 26.2. The van der Waals surface area contributed by atoms with Crippen LogP contribution in [0.3, 0.4) is 0 Å². The standard InChI is InChI=1S/C29H33FO9S.Na/c1-16-12-21-20-9-8-17-13-18(32)10-11-26(17,2)28(20,30)23(33)14-27(21,3)29(16,24(34)15-31)39-40(37,38)22-7-5-4-6-19(22)25(35)36;/h4-7,10-11,13,16,20-21,23,31,33H,8-9,12,14-15H2,1-3H3,(H,35,36);/q;+1/p-1/t16-,20?,21?,23+,26+,27+,28+,29+;/m1./s1. The van der Waals surface area contributed by atoms with Gasteiger partial charge in [0, 0.05) is 22.3 Å². The van der Waals surface area contributed by atoms with Crippen LogP contribution in [-0.4, -0.2) is 60.1 Å². The summed E-state index contributed by atoms with van der Waals surface area (Å²) >= 11 is 0. The number of aliphatic hydroxyl groups is 2. The number of carboxylic acids is 1. The van der Waals surface area contributed by atoms with Crippen LogP contribution in [-0.2, 0) is 23.9 Å². The molecule has 0 radical (unpaired) electrons. The molecule has 8 atom stereocenters. The average molecular weight is 599 g/mol. The maximum atomic E-state index is 17.5. The molecule has 1 aromatic carbocycles. The number of carbonyl (C=O) groups excluding carboxylic acids is 3. The Morgan fingerprint density at radius 1 is 1.20 bits per heavy atom. The van der Waals surface area contributed by atoms with Crippen molar-refractivity contribution >= 4 is 27.7 Å². The Kier molecular flexibility index (Phi) is 8.22. The Hall–Kier alpha value is -1.73. The number of Topliss-reactive ketones (excluding diaryl/α,β-unsaturated/α-hetero) is 1. The number of hydrogen-bond donors (Lipinski definition) is 2. The monoisotopic (exact) mass is 598 g/mol. The molecule has 41 heavy (non-hydrogen) atoms. The topological polar surface area (TPSA) is 158 Å². The maximum absolute atomic E-state index is 17.5. The average Bonchev–Trinajstić information content (AvgIpc) is 3.11. The molecule has 0 heterocycles. The summed E-state index contributed by atoms with van der Waals surface area (Å²) in [5.74, 6) is -5.32. The van der Waals surface area contributed by atoms with E-state index in [1.807, 2.05) is 0 Å². The summed E-state index contributed by atoms with van der Waals surface area (Å²) in [5.41, 5.74) is -7.28. The number of aromatic carboxylic acids is 1. The Labute approximate surface area is 260 Å². The van der Waals surface area contributed by atoms with E-state index >= 15 is 4.39 Å². The second-order valence-electron chi connectivity index (χ2n) is 12.0. The zero-order valence-electron chi connectivity index (χ0n) is 23.4. The third kappa shape index (κ3) is 4.22. The van der Waals surface area contributed by atoms with Gasteiger partial charge in [-0.25, -0.2) is 4.39 Å². The van der Waals surface area contributed by atoms with Crippen molar-refractivity contribution in [1.29, 1.82) is 0 Å². The fourth-order valence-electron chi connectivity index (χ4n) is 8.54. The van der Waals surface area contributed by atoms with Crippen molar-refractivity contribution in [1.82, 2.24) is 0 Å². The van der Waals surface area contributed by atoms with Crippen LogP contribution in [0.25, 0.3) is 0 Å². The van der Waals surface area contributed by atoms with E-state index in [-0.39, 0.29) is 54.6 Å². The molecule has 0 bridgehead atoms. The molecule has 0 aromatic heterocycles. The number of rotatable bonds is 6. The molecule has 4 aliphatic carbocycles. The molecule has 9 nitrogen and oxygen atoms in total. The second kappa shape index (κ2) is 10.5. The van der Waals surface area contributed by atoms with Gasteiger partial charge in [-0.3, -0.25) is 13.8 Å².